The summed E-state index contributed by atoms with van der Waals surface area (Å²) in [6.45, 7) is 0. The quantitative estimate of drug-likeness (QED) is 0.178. The summed E-state index contributed by atoms with van der Waals surface area (Å²) in [5, 5.41) is 16.2. The zero-order valence-electron chi connectivity index (χ0n) is 17.8. The van der Waals surface area contributed by atoms with Crippen molar-refractivity contribution >= 4 is 44.6 Å². The summed E-state index contributed by atoms with van der Waals surface area (Å²) < 4.78 is 0. The molecule has 3 heterocycles. The van der Waals surface area contributed by atoms with E-state index in [1.54, 1.807) is 30.5 Å². The van der Waals surface area contributed by atoms with Crippen molar-refractivity contribution in [2.75, 3.05) is 0 Å². The van der Waals surface area contributed by atoms with Crippen molar-refractivity contribution < 1.29 is 0 Å². The minimum Gasteiger partial charge on any atom is -0.384 e. The summed E-state index contributed by atoms with van der Waals surface area (Å²) in [6, 6.07) is 18.9. The van der Waals surface area contributed by atoms with Gasteiger partial charge in [0.15, 0.2) is 0 Å². The number of aromatic nitrogens is 5. The van der Waals surface area contributed by atoms with Crippen molar-refractivity contribution in [1.29, 1.82) is 10.8 Å². The number of imidazole rings is 2. The Morgan fingerprint density at radius 3 is 1.79 bits per heavy atom. The third kappa shape index (κ3) is 3.23. The number of rotatable bonds is 4. The Bertz CT molecular complexity index is 1650. The maximum Gasteiger partial charge on any atom is 0.140 e. The average molecular weight is 445 g/mol. The monoisotopic (exact) mass is 445 g/mol. The van der Waals surface area contributed by atoms with Gasteiger partial charge in [-0.2, -0.15) is 0 Å². The number of nitrogens with two attached hydrogens (primary N) is 2. The molecular weight excluding hydrogens is 426 g/mol. The molecule has 0 spiro atoms. The van der Waals surface area contributed by atoms with E-state index in [0.717, 1.165) is 49.9 Å². The SMILES string of the molecule is N=C(N)c1ccc2[nH]c(-c3ccc4ncc(-c5nc6cc(C(=N)N)ccc6[nH]5)cc4c3)nc2c1. The zero-order valence-corrected chi connectivity index (χ0v) is 17.8. The third-order valence-electron chi connectivity index (χ3n) is 5.82. The van der Waals surface area contributed by atoms with Crippen LogP contribution in [-0.2, 0) is 0 Å². The van der Waals surface area contributed by atoms with E-state index in [2.05, 4.69) is 19.9 Å². The van der Waals surface area contributed by atoms with Gasteiger partial charge in [-0.05, 0) is 60.7 Å². The number of nitrogens with one attached hydrogen (secondary N) is 4. The molecule has 0 aliphatic heterocycles. The second kappa shape index (κ2) is 7.24. The van der Waals surface area contributed by atoms with Crippen molar-refractivity contribution in [3.05, 3.63) is 78.0 Å². The van der Waals surface area contributed by atoms with E-state index in [0.29, 0.717) is 17.0 Å². The lowest BCUT2D eigenvalue weighted by Gasteiger charge is -2.03. The molecule has 0 fully saturated rings. The van der Waals surface area contributed by atoms with Crippen LogP contribution in [0, 0.1) is 10.8 Å². The standard InChI is InChI=1S/C25H19N9/c26-22(27)12-1-5-18-20(9-12)33-24(31-18)14-3-4-17-15(7-14)8-16(11-30-17)25-32-19-6-2-13(23(28)29)10-21(19)34-25/h1-11H,(H3,26,27)(H3,28,29)(H,31,33)(H,32,34). The number of benzene rings is 3. The molecule has 0 amide bonds. The van der Waals surface area contributed by atoms with Gasteiger partial charge < -0.3 is 21.4 Å². The van der Waals surface area contributed by atoms with E-state index in [9.17, 15) is 0 Å². The van der Waals surface area contributed by atoms with Crippen LogP contribution in [0.25, 0.3) is 55.7 Å². The molecule has 34 heavy (non-hydrogen) atoms. The van der Waals surface area contributed by atoms with Crippen molar-refractivity contribution in [2.45, 2.75) is 0 Å². The van der Waals surface area contributed by atoms with Crippen molar-refractivity contribution in [3.63, 3.8) is 0 Å². The van der Waals surface area contributed by atoms with Crippen molar-refractivity contribution in [3.8, 4) is 22.8 Å². The van der Waals surface area contributed by atoms with Crippen molar-refractivity contribution in [1.82, 2.24) is 24.9 Å². The van der Waals surface area contributed by atoms with E-state index < -0.39 is 0 Å². The molecule has 0 saturated carbocycles. The Morgan fingerprint density at radius 1 is 0.647 bits per heavy atom. The Kier molecular flexibility index (Phi) is 4.18. The molecule has 0 atom stereocenters. The van der Waals surface area contributed by atoms with Crippen LogP contribution in [0.15, 0.2) is 66.9 Å². The Hall–Kier alpha value is -5.05. The predicted octanol–water partition coefficient (Wildman–Crippen LogP) is 3.89. The number of aromatic amines is 2. The van der Waals surface area contributed by atoms with Crippen LogP contribution < -0.4 is 11.5 Å². The molecule has 9 nitrogen and oxygen atoms in total. The highest BCUT2D eigenvalue weighted by molar-refractivity contribution is 5.99. The van der Waals surface area contributed by atoms with Gasteiger partial charge >= 0.3 is 0 Å². The molecule has 164 valence electrons. The van der Waals surface area contributed by atoms with Crippen LogP contribution >= 0.6 is 0 Å². The second-order valence-corrected chi connectivity index (χ2v) is 8.09. The number of amidine groups is 2. The molecular formula is C25H19N9. The smallest absolute Gasteiger partial charge is 0.140 e. The highest BCUT2D eigenvalue weighted by Gasteiger charge is 2.11. The lowest BCUT2D eigenvalue weighted by Crippen LogP contribution is -2.10. The topological polar surface area (TPSA) is 170 Å². The summed E-state index contributed by atoms with van der Waals surface area (Å²) in [6.07, 6.45) is 1.79. The molecule has 3 aromatic heterocycles. The number of hydrogen-bond acceptors (Lipinski definition) is 5. The summed E-state index contributed by atoms with van der Waals surface area (Å²) >= 11 is 0. The van der Waals surface area contributed by atoms with Crippen LogP contribution in [0.5, 0.6) is 0 Å². The largest absolute Gasteiger partial charge is 0.384 e. The number of hydrogen-bond donors (Lipinski definition) is 6. The second-order valence-electron chi connectivity index (χ2n) is 8.09. The lowest BCUT2D eigenvalue weighted by molar-refractivity contribution is 1.30. The van der Waals surface area contributed by atoms with E-state index >= 15 is 0 Å². The van der Waals surface area contributed by atoms with Gasteiger partial charge in [0.25, 0.3) is 0 Å². The molecule has 0 bridgehead atoms. The Labute approximate surface area is 192 Å². The molecule has 9 heteroatoms. The molecule has 0 saturated heterocycles. The predicted molar refractivity (Wildman–Crippen MR) is 134 cm³/mol. The first kappa shape index (κ1) is 19.6. The van der Waals surface area contributed by atoms with E-state index in [1.165, 1.54) is 0 Å². The molecule has 0 aliphatic rings. The molecule has 0 radical (unpaired) electrons. The normalized spacial score (nSPS) is 11.4. The van der Waals surface area contributed by atoms with E-state index in [4.69, 9.17) is 27.3 Å². The van der Waals surface area contributed by atoms with Gasteiger partial charge in [-0.3, -0.25) is 15.8 Å². The minimum absolute atomic E-state index is 0.00876. The third-order valence-corrected chi connectivity index (χ3v) is 5.82. The van der Waals surface area contributed by atoms with Crippen LogP contribution in [0.2, 0.25) is 0 Å². The maximum atomic E-state index is 7.64. The molecule has 0 unspecified atom stereocenters. The van der Waals surface area contributed by atoms with Gasteiger partial charge in [0.2, 0.25) is 0 Å². The van der Waals surface area contributed by atoms with Gasteiger partial charge in [-0.25, -0.2) is 9.97 Å². The molecule has 0 aliphatic carbocycles. The summed E-state index contributed by atoms with van der Waals surface area (Å²) in [4.78, 5) is 20.6. The Morgan fingerprint density at radius 2 is 1.21 bits per heavy atom. The lowest BCUT2D eigenvalue weighted by atomic mass is 10.1. The molecule has 6 rings (SSSR count). The van der Waals surface area contributed by atoms with E-state index in [-0.39, 0.29) is 11.7 Å². The number of fused-ring (bicyclic) bond motifs is 3. The summed E-state index contributed by atoms with van der Waals surface area (Å²) in [5.74, 6) is 1.44. The number of nitrogens with zero attached hydrogens (tertiary/aromatic N) is 3. The van der Waals surface area contributed by atoms with Gasteiger partial charge in [-0.15, -0.1) is 0 Å². The first-order valence-corrected chi connectivity index (χ1v) is 10.5. The van der Waals surface area contributed by atoms with E-state index in [1.807, 2.05) is 36.4 Å². The summed E-state index contributed by atoms with van der Waals surface area (Å²) in [5.41, 5.74) is 18.3. The van der Waals surface area contributed by atoms with Gasteiger partial charge in [-0.1, -0.05) is 0 Å². The van der Waals surface area contributed by atoms with Gasteiger partial charge in [0, 0.05) is 33.8 Å². The number of nitrogen functional groups attached to an aromatic ring is 2. The fourth-order valence-electron chi connectivity index (χ4n) is 4.03. The maximum absolute atomic E-state index is 7.64. The van der Waals surface area contributed by atoms with Gasteiger partial charge in [0.1, 0.15) is 23.3 Å². The van der Waals surface area contributed by atoms with Crippen LogP contribution in [0.4, 0.5) is 0 Å². The first-order valence-electron chi connectivity index (χ1n) is 10.5. The minimum atomic E-state index is 0.00876. The fourth-order valence-corrected chi connectivity index (χ4v) is 4.03. The fraction of sp³-hybridized carbons (Fsp3) is 0. The van der Waals surface area contributed by atoms with Crippen molar-refractivity contribution in [2.24, 2.45) is 11.5 Å². The van der Waals surface area contributed by atoms with Gasteiger partial charge in [0.05, 0.1) is 27.6 Å². The first-order chi connectivity index (χ1) is 16.4. The van der Waals surface area contributed by atoms with Crippen LogP contribution in [0.3, 0.4) is 0 Å². The van der Waals surface area contributed by atoms with Crippen LogP contribution in [0.1, 0.15) is 11.1 Å². The molecule has 3 aromatic carbocycles. The Balaban J connectivity index is 1.41. The number of pyridine rings is 1. The number of H-pyrrole nitrogens is 2. The summed E-state index contributed by atoms with van der Waals surface area (Å²) in [7, 11) is 0. The average Bonchev–Trinajstić information content (AvgIpc) is 3.46. The zero-order chi connectivity index (χ0) is 23.4. The highest BCUT2D eigenvalue weighted by Crippen LogP contribution is 2.28. The van der Waals surface area contributed by atoms with Crippen LogP contribution in [-0.4, -0.2) is 36.6 Å². The molecule has 6 aromatic rings. The highest BCUT2D eigenvalue weighted by atomic mass is 14.9. The molecule has 8 N–H and O–H groups in total.